The van der Waals surface area contributed by atoms with Gasteiger partial charge in [0.1, 0.15) is 0 Å². The Hall–Kier alpha value is -1.58. The summed E-state index contributed by atoms with van der Waals surface area (Å²) in [7, 11) is 1.46. The molecule has 0 radical (unpaired) electrons. The summed E-state index contributed by atoms with van der Waals surface area (Å²) >= 11 is 0. The van der Waals surface area contributed by atoms with Crippen LogP contribution in [0.4, 0.5) is 5.69 Å². The van der Waals surface area contributed by atoms with E-state index >= 15 is 0 Å². The fraction of sp³-hybridized carbons (Fsp3) is 0.538. The summed E-state index contributed by atoms with van der Waals surface area (Å²) in [5.74, 6) is -0.0947. The largest absolute Gasteiger partial charge is 0.469 e. The lowest BCUT2D eigenvalue weighted by molar-refractivity contribution is -0.145. The Balaban J connectivity index is 2.09. The minimum Gasteiger partial charge on any atom is -0.469 e. The number of nitrogens with zero attached hydrogens (tertiary/aromatic N) is 2. The second-order valence-corrected chi connectivity index (χ2v) is 4.46. The number of aromatic nitrogens is 1. The fourth-order valence-corrected chi connectivity index (χ4v) is 2.30. The predicted octanol–water partition coefficient (Wildman–Crippen LogP) is 1.78. The summed E-state index contributed by atoms with van der Waals surface area (Å²) < 4.78 is 4.82. The van der Waals surface area contributed by atoms with Crippen molar-refractivity contribution in [3.8, 4) is 0 Å². The molecule has 0 N–H and O–H groups in total. The van der Waals surface area contributed by atoms with Gasteiger partial charge in [-0.15, -0.1) is 0 Å². The van der Waals surface area contributed by atoms with Crippen molar-refractivity contribution < 1.29 is 9.53 Å². The number of hydrogen-bond donors (Lipinski definition) is 0. The molecule has 2 heterocycles. The minimum absolute atomic E-state index is 0.00206. The summed E-state index contributed by atoms with van der Waals surface area (Å²) in [6, 6.07) is 4.05. The number of esters is 1. The highest BCUT2D eigenvalue weighted by atomic mass is 16.5. The zero-order valence-corrected chi connectivity index (χ0v) is 10.3. The van der Waals surface area contributed by atoms with Crippen LogP contribution in [0.25, 0.3) is 0 Å². The van der Waals surface area contributed by atoms with E-state index in [2.05, 4.69) is 16.0 Å². The molecule has 0 saturated carbocycles. The van der Waals surface area contributed by atoms with Crippen LogP contribution in [0.5, 0.6) is 0 Å². The summed E-state index contributed by atoms with van der Waals surface area (Å²) in [6.45, 7) is 3.72. The molecule has 4 heteroatoms. The van der Waals surface area contributed by atoms with Crippen LogP contribution in [0.15, 0.2) is 18.3 Å². The van der Waals surface area contributed by atoms with Gasteiger partial charge in [0.05, 0.1) is 13.0 Å². The molecule has 1 aromatic heterocycles. The fourth-order valence-electron chi connectivity index (χ4n) is 2.30. The van der Waals surface area contributed by atoms with E-state index < -0.39 is 0 Å². The second kappa shape index (κ2) is 5.17. The maximum atomic E-state index is 11.5. The predicted molar refractivity (Wildman–Crippen MR) is 65.9 cm³/mol. The van der Waals surface area contributed by atoms with Crippen molar-refractivity contribution >= 4 is 11.7 Å². The first-order valence-corrected chi connectivity index (χ1v) is 5.96. The van der Waals surface area contributed by atoms with Gasteiger partial charge in [-0.05, 0) is 31.9 Å². The highest BCUT2D eigenvalue weighted by Gasteiger charge is 2.26. The Morgan fingerprint density at radius 1 is 1.59 bits per heavy atom. The Bertz CT molecular complexity index is 406. The van der Waals surface area contributed by atoms with Crippen molar-refractivity contribution in [1.29, 1.82) is 0 Å². The smallest absolute Gasteiger partial charge is 0.310 e. The molecule has 1 unspecified atom stereocenters. The molecule has 0 spiro atoms. The third-order valence-electron chi connectivity index (χ3n) is 3.20. The Morgan fingerprint density at radius 2 is 2.41 bits per heavy atom. The zero-order valence-electron chi connectivity index (χ0n) is 10.3. The molecular formula is C13H18N2O2. The van der Waals surface area contributed by atoms with Gasteiger partial charge in [0.2, 0.25) is 0 Å². The molecular weight excluding hydrogens is 216 g/mol. The van der Waals surface area contributed by atoms with Crippen molar-refractivity contribution in [3.63, 3.8) is 0 Å². The molecule has 1 atom stereocenters. The number of carbonyl (C=O) groups is 1. The van der Waals surface area contributed by atoms with Crippen LogP contribution >= 0.6 is 0 Å². The quantitative estimate of drug-likeness (QED) is 0.731. The summed E-state index contributed by atoms with van der Waals surface area (Å²) in [4.78, 5) is 18.0. The summed E-state index contributed by atoms with van der Waals surface area (Å²) in [6.07, 6.45) is 3.76. The molecule has 0 amide bonds. The van der Waals surface area contributed by atoms with E-state index in [1.165, 1.54) is 7.11 Å². The maximum absolute atomic E-state index is 11.5. The third kappa shape index (κ3) is 2.75. The summed E-state index contributed by atoms with van der Waals surface area (Å²) in [5.41, 5.74) is 2.15. The number of rotatable bonds is 2. The Kier molecular flexibility index (Phi) is 3.61. The average molecular weight is 234 g/mol. The minimum atomic E-state index is -0.0968. The highest BCUT2D eigenvalue weighted by Crippen LogP contribution is 2.23. The lowest BCUT2D eigenvalue weighted by atomic mass is 9.98. The van der Waals surface area contributed by atoms with E-state index in [9.17, 15) is 4.79 Å². The van der Waals surface area contributed by atoms with E-state index in [1.54, 1.807) is 0 Å². The van der Waals surface area contributed by atoms with Crippen LogP contribution < -0.4 is 4.90 Å². The van der Waals surface area contributed by atoms with Crippen LogP contribution in [0.1, 0.15) is 18.5 Å². The number of methoxy groups -OCH3 is 1. The van der Waals surface area contributed by atoms with Crippen LogP contribution in [0.3, 0.4) is 0 Å². The van der Waals surface area contributed by atoms with Crippen LogP contribution in [-0.2, 0) is 9.53 Å². The molecule has 0 aliphatic carbocycles. The van der Waals surface area contributed by atoms with Gasteiger partial charge in [-0.2, -0.15) is 0 Å². The molecule has 1 saturated heterocycles. The van der Waals surface area contributed by atoms with E-state index in [4.69, 9.17) is 4.74 Å². The molecule has 0 aromatic carbocycles. The lowest BCUT2D eigenvalue weighted by Crippen LogP contribution is -2.39. The van der Waals surface area contributed by atoms with Crippen molar-refractivity contribution in [2.75, 3.05) is 25.1 Å². The highest BCUT2D eigenvalue weighted by molar-refractivity contribution is 5.73. The number of carbonyl (C=O) groups excluding carboxylic acids is 1. The van der Waals surface area contributed by atoms with Crippen LogP contribution in [-0.4, -0.2) is 31.2 Å². The molecule has 92 valence electrons. The van der Waals surface area contributed by atoms with E-state index in [1.807, 2.05) is 19.2 Å². The van der Waals surface area contributed by atoms with E-state index in [0.29, 0.717) is 0 Å². The van der Waals surface area contributed by atoms with Gasteiger partial charge in [-0.3, -0.25) is 9.78 Å². The topological polar surface area (TPSA) is 42.4 Å². The van der Waals surface area contributed by atoms with E-state index in [-0.39, 0.29) is 11.9 Å². The van der Waals surface area contributed by atoms with Crippen LogP contribution in [0, 0.1) is 12.8 Å². The van der Waals surface area contributed by atoms with Crippen molar-refractivity contribution in [2.24, 2.45) is 5.92 Å². The van der Waals surface area contributed by atoms with Crippen molar-refractivity contribution in [2.45, 2.75) is 19.8 Å². The third-order valence-corrected chi connectivity index (χ3v) is 3.20. The molecule has 4 nitrogen and oxygen atoms in total. The standard InChI is InChI=1S/C13H18N2O2/c1-10-8-12(5-6-14-10)15-7-3-4-11(9-15)13(16)17-2/h5-6,8,11H,3-4,7,9H2,1-2H3. The Morgan fingerprint density at radius 3 is 3.12 bits per heavy atom. The summed E-state index contributed by atoms with van der Waals surface area (Å²) in [5, 5.41) is 0. The number of ether oxygens (including phenoxy) is 1. The van der Waals surface area contributed by atoms with E-state index in [0.717, 1.165) is 37.3 Å². The number of anilines is 1. The Labute approximate surface area is 102 Å². The van der Waals surface area contributed by atoms with Gasteiger partial charge in [0.15, 0.2) is 0 Å². The monoisotopic (exact) mass is 234 g/mol. The van der Waals surface area contributed by atoms with Gasteiger partial charge in [0, 0.05) is 30.7 Å². The van der Waals surface area contributed by atoms with Gasteiger partial charge in [-0.1, -0.05) is 0 Å². The normalized spacial score (nSPS) is 20.1. The second-order valence-electron chi connectivity index (χ2n) is 4.46. The zero-order chi connectivity index (χ0) is 12.3. The first-order valence-electron chi connectivity index (χ1n) is 5.96. The molecule has 1 fully saturated rings. The number of hydrogen-bond acceptors (Lipinski definition) is 4. The van der Waals surface area contributed by atoms with Gasteiger partial charge >= 0.3 is 5.97 Å². The molecule has 0 bridgehead atoms. The van der Waals surface area contributed by atoms with Gasteiger partial charge in [0.25, 0.3) is 0 Å². The lowest BCUT2D eigenvalue weighted by Gasteiger charge is -2.33. The van der Waals surface area contributed by atoms with Crippen molar-refractivity contribution in [3.05, 3.63) is 24.0 Å². The molecule has 1 aliphatic rings. The van der Waals surface area contributed by atoms with Gasteiger partial charge < -0.3 is 9.64 Å². The molecule has 1 aliphatic heterocycles. The number of piperidine rings is 1. The molecule has 2 rings (SSSR count). The molecule has 17 heavy (non-hydrogen) atoms. The SMILES string of the molecule is COC(=O)C1CCCN(c2ccnc(C)c2)C1. The van der Waals surface area contributed by atoms with Crippen LogP contribution in [0.2, 0.25) is 0 Å². The first-order chi connectivity index (χ1) is 8.20. The number of aryl methyl sites for hydroxylation is 1. The maximum Gasteiger partial charge on any atom is 0.310 e. The van der Waals surface area contributed by atoms with Gasteiger partial charge in [-0.25, -0.2) is 0 Å². The number of pyridine rings is 1. The van der Waals surface area contributed by atoms with Crippen molar-refractivity contribution in [1.82, 2.24) is 4.98 Å². The first kappa shape index (κ1) is 11.9. The molecule has 1 aromatic rings. The average Bonchev–Trinajstić information content (AvgIpc) is 2.38.